The molecule has 33 heavy (non-hydrogen) atoms. The second-order valence-electron chi connectivity index (χ2n) is 8.15. The molecule has 5 nitrogen and oxygen atoms in total. The number of thioether (sulfide) groups is 1. The number of hydrogen-bond donors (Lipinski definition) is 1. The maximum Gasteiger partial charge on any atom is 0.224 e. The van der Waals surface area contributed by atoms with E-state index in [0.29, 0.717) is 48.2 Å². The molecule has 1 N–H and O–H groups in total. The molecule has 2 aromatic rings. The summed E-state index contributed by atoms with van der Waals surface area (Å²) in [5.41, 5.74) is 2.04. The summed E-state index contributed by atoms with van der Waals surface area (Å²) < 4.78 is 27.1. The summed E-state index contributed by atoms with van der Waals surface area (Å²) in [5.74, 6) is 1.13. The Labute approximate surface area is 211 Å². The van der Waals surface area contributed by atoms with Crippen molar-refractivity contribution >= 4 is 50.9 Å². The van der Waals surface area contributed by atoms with Crippen molar-refractivity contribution in [2.45, 2.75) is 31.4 Å². The highest BCUT2D eigenvalue weighted by atomic mass is 35.5. The third kappa shape index (κ3) is 8.18. The van der Waals surface area contributed by atoms with E-state index >= 15 is 0 Å². The molecule has 0 saturated carbocycles. The first-order valence-electron chi connectivity index (χ1n) is 11.2. The second kappa shape index (κ2) is 13.0. The fourth-order valence-electron chi connectivity index (χ4n) is 3.88. The fourth-order valence-corrected chi connectivity index (χ4v) is 7.05. The molecule has 3 rings (SSSR count). The van der Waals surface area contributed by atoms with Crippen LogP contribution in [-0.2, 0) is 27.0 Å². The highest BCUT2D eigenvalue weighted by molar-refractivity contribution is 7.98. The van der Waals surface area contributed by atoms with E-state index in [-0.39, 0.29) is 24.1 Å². The summed E-state index contributed by atoms with van der Waals surface area (Å²) in [5, 5.41) is 4.25. The predicted molar refractivity (Wildman–Crippen MR) is 138 cm³/mol. The van der Waals surface area contributed by atoms with E-state index in [0.717, 1.165) is 23.3 Å². The average Bonchev–Trinajstić information content (AvgIpc) is 2.81. The van der Waals surface area contributed by atoms with Gasteiger partial charge in [-0.25, -0.2) is 12.7 Å². The summed E-state index contributed by atoms with van der Waals surface area (Å²) in [6.07, 6.45) is 2.72. The number of rotatable bonds is 11. The lowest BCUT2D eigenvalue weighted by Crippen LogP contribution is -2.46. The number of nitrogens with zero attached hydrogens (tertiary/aromatic N) is 1. The molecule has 0 radical (unpaired) electrons. The van der Waals surface area contributed by atoms with Crippen LogP contribution in [0, 0.1) is 5.92 Å². The van der Waals surface area contributed by atoms with E-state index in [2.05, 4.69) is 5.32 Å². The first-order chi connectivity index (χ1) is 15.9. The molecule has 0 spiro atoms. The Bertz CT molecular complexity index is 999. The number of benzene rings is 2. The zero-order valence-electron chi connectivity index (χ0n) is 18.5. The molecule has 2 aromatic carbocycles. The Kier molecular flexibility index (Phi) is 10.4. The highest BCUT2D eigenvalue weighted by Gasteiger charge is 2.31. The number of halogens is 2. The van der Waals surface area contributed by atoms with Gasteiger partial charge in [0.1, 0.15) is 0 Å². The van der Waals surface area contributed by atoms with Crippen LogP contribution in [0.1, 0.15) is 30.4 Å². The van der Waals surface area contributed by atoms with Gasteiger partial charge in [0.05, 0.1) is 11.7 Å². The van der Waals surface area contributed by atoms with Gasteiger partial charge >= 0.3 is 0 Å². The van der Waals surface area contributed by atoms with Crippen molar-refractivity contribution in [1.29, 1.82) is 0 Å². The lowest BCUT2D eigenvalue weighted by atomic mass is 9.99. The molecule has 1 fully saturated rings. The quantitative estimate of drug-likeness (QED) is 0.416. The summed E-state index contributed by atoms with van der Waals surface area (Å²) in [6.45, 7) is 1.28. The number of sulfonamides is 1. The molecule has 1 aliphatic heterocycles. The van der Waals surface area contributed by atoms with Crippen LogP contribution in [0.2, 0.25) is 10.0 Å². The van der Waals surface area contributed by atoms with Gasteiger partial charge < -0.3 is 5.32 Å². The van der Waals surface area contributed by atoms with E-state index in [4.69, 9.17) is 23.2 Å². The second-order valence-corrected chi connectivity index (χ2v) is 12.2. The van der Waals surface area contributed by atoms with Crippen molar-refractivity contribution in [1.82, 2.24) is 9.62 Å². The van der Waals surface area contributed by atoms with E-state index in [1.807, 2.05) is 48.5 Å². The van der Waals surface area contributed by atoms with Gasteiger partial charge in [-0.1, -0.05) is 59.6 Å². The molecule has 0 unspecified atom stereocenters. The molecule has 180 valence electrons. The van der Waals surface area contributed by atoms with Crippen LogP contribution in [-0.4, -0.2) is 49.8 Å². The molecule has 1 atom stereocenters. The molecule has 0 aliphatic carbocycles. The maximum atomic E-state index is 12.8. The number of nitrogens with one attached hydrogen (secondary N) is 1. The van der Waals surface area contributed by atoms with Gasteiger partial charge in [0, 0.05) is 41.2 Å². The van der Waals surface area contributed by atoms with Crippen molar-refractivity contribution in [3.8, 4) is 0 Å². The minimum absolute atomic E-state index is 0.0736. The fraction of sp³-hybridized carbons (Fsp3) is 0.458. The first-order valence-corrected chi connectivity index (χ1v) is 14.7. The minimum atomic E-state index is -3.36. The van der Waals surface area contributed by atoms with Crippen LogP contribution in [0.25, 0.3) is 0 Å². The summed E-state index contributed by atoms with van der Waals surface area (Å²) in [7, 11) is -3.36. The third-order valence-electron chi connectivity index (χ3n) is 5.71. The van der Waals surface area contributed by atoms with Gasteiger partial charge in [0.15, 0.2) is 0 Å². The Hall–Kier alpha value is -1.25. The predicted octanol–water partition coefficient (Wildman–Crippen LogP) is 5.02. The lowest BCUT2D eigenvalue weighted by Gasteiger charge is -2.31. The number of hydrogen-bond acceptors (Lipinski definition) is 4. The number of carbonyl (C=O) groups is 1. The molecule has 1 saturated heterocycles. The van der Waals surface area contributed by atoms with E-state index in [1.54, 1.807) is 11.8 Å². The molecule has 1 aliphatic rings. The standard InChI is InChI=1S/C24H30Cl2N2O3S2/c25-22-11-4-12-23(26)21(22)18-32-15-13-27-24(29)20-10-5-14-28(17-20)33(30,31)16-6-9-19-7-2-1-3-8-19/h1-4,7-8,11-12,20H,5-6,9-10,13-18H2,(H,27,29)/t20-/m1/s1. The molecule has 1 amide bonds. The number of piperidine rings is 1. The van der Waals surface area contributed by atoms with Gasteiger partial charge in [0.25, 0.3) is 0 Å². The van der Waals surface area contributed by atoms with E-state index < -0.39 is 10.0 Å². The number of amides is 1. The van der Waals surface area contributed by atoms with Gasteiger partial charge in [-0.2, -0.15) is 11.8 Å². The summed E-state index contributed by atoms with van der Waals surface area (Å²) in [4.78, 5) is 12.6. The van der Waals surface area contributed by atoms with Crippen molar-refractivity contribution < 1.29 is 13.2 Å². The van der Waals surface area contributed by atoms with E-state index in [1.165, 1.54) is 4.31 Å². The van der Waals surface area contributed by atoms with Crippen LogP contribution < -0.4 is 5.32 Å². The normalized spacial score (nSPS) is 17.1. The first kappa shape index (κ1) is 26.4. The molecule has 1 heterocycles. The number of carbonyl (C=O) groups excluding carboxylic acids is 1. The Morgan fingerprint density at radius 3 is 2.55 bits per heavy atom. The van der Waals surface area contributed by atoms with Gasteiger partial charge in [-0.3, -0.25) is 4.79 Å². The zero-order chi connectivity index (χ0) is 23.7. The van der Waals surface area contributed by atoms with Crippen molar-refractivity contribution in [3.63, 3.8) is 0 Å². The molecule has 0 aromatic heterocycles. The van der Waals surface area contributed by atoms with Gasteiger partial charge in [-0.05, 0) is 48.9 Å². The van der Waals surface area contributed by atoms with Crippen LogP contribution in [0.3, 0.4) is 0 Å². The summed E-state index contributed by atoms with van der Waals surface area (Å²) >= 11 is 14.0. The average molecular weight is 530 g/mol. The molecule has 0 bridgehead atoms. The topological polar surface area (TPSA) is 66.5 Å². The third-order valence-corrected chi connectivity index (χ3v) is 9.33. The molecule has 9 heteroatoms. The van der Waals surface area contributed by atoms with Crippen LogP contribution >= 0.6 is 35.0 Å². The zero-order valence-corrected chi connectivity index (χ0v) is 21.7. The van der Waals surface area contributed by atoms with Crippen LogP contribution in [0.4, 0.5) is 0 Å². The number of aryl methyl sites for hydroxylation is 1. The van der Waals surface area contributed by atoms with Crippen molar-refractivity contribution in [3.05, 3.63) is 69.7 Å². The Balaban J connectivity index is 1.39. The molecular formula is C24H30Cl2N2O3S2. The lowest BCUT2D eigenvalue weighted by molar-refractivity contribution is -0.125. The highest BCUT2D eigenvalue weighted by Crippen LogP contribution is 2.28. The largest absolute Gasteiger partial charge is 0.355 e. The summed E-state index contributed by atoms with van der Waals surface area (Å²) in [6, 6.07) is 15.3. The van der Waals surface area contributed by atoms with Crippen LogP contribution in [0.5, 0.6) is 0 Å². The monoisotopic (exact) mass is 528 g/mol. The van der Waals surface area contributed by atoms with Crippen molar-refractivity contribution in [2.24, 2.45) is 5.92 Å². The molecular weight excluding hydrogens is 499 g/mol. The van der Waals surface area contributed by atoms with Gasteiger partial charge in [-0.15, -0.1) is 0 Å². The van der Waals surface area contributed by atoms with Gasteiger partial charge in [0.2, 0.25) is 15.9 Å². The van der Waals surface area contributed by atoms with Crippen molar-refractivity contribution in [2.75, 3.05) is 31.1 Å². The Morgan fingerprint density at radius 1 is 1.09 bits per heavy atom. The SMILES string of the molecule is O=C(NCCSCc1c(Cl)cccc1Cl)[C@@H]1CCCN(S(=O)(=O)CCCc2ccccc2)C1. The minimum Gasteiger partial charge on any atom is -0.355 e. The van der Waals surface area contributed by atoms with E-state index in [9.17, 15) is 13.2 Å². The maximum absolute atomic E-state index is 12.8. The smallest absolute Gasteiger partial charge is 0.224 e. The Morgan fingerprint density at radius 2 is 1.82 bits per heavy atom. The van der Waals surface area contributed by atoms with Crippen LogP contribution in [0.15, 0.2) is 48.5 Å².